The van der Waals surface area contributed by atoms with Gasteiger partial charge in [-0.2, -0.15) is 13.2 Å². The van der Waals surface area contributed by atoms with Gasteiger partial charge in [-0.1, -0.05) is 6.92 Å². The fraction of sp³-hybridized carbons (Fsp3) is 0.800. The van der Waals surface area contributed by atoms with E-state index in [1.165, 1.54) is 0 Å². The molecule has 0 N–H and O–H groups in total. The molecule has 0 aromatic rings. The number of hydrogen-bond donors (Lipinski definition) is 0. The van der Waals surface area contributed by atoms with Gasteiger partial charge in [0.25, 0.3) is 0 Å². The first kappa shape index (κ1) is 8.75. The Morgan fingerprint density at radius 3 is 2.33 bits per heavy atom. The predicted molar refractivity (Wildman–Crippen MR) is 26.6 cm³/mol. The summed E-state index contributed by atoms with van der Waals surface area (Å²) in [7, 11) is 0. The van der Waals surface area contributed by atoms with Gasteiger partial charge in [-0.25, -0.2) is 0 Å². The fourth-order valence-electron chi connectivity index (χ4n) is 0.271. The molecule has 9 heavy (non-hydrogen) atoms. The van der Waals surface area contributed by atoms with Gasteiger partial charge in [0, 0.05) is 6.61 Å². The monoisotopic (exact) mass is 141 g/mol. The molecule has 0 spiro atoms. The third-order valence-electron chi connectivity index (χ3n) is 0.539. The average molecular weight is 141 g/mol. The van der Waals surface area contributed by atoms with E-state index in [0.717, 1.165) is 0 Å². The van der Waals surface area contributed by atoms with Gasteiger partial charge in [0.1, 0.15) is 0 Å². The number of ether oxygens (including phenoxy) is 1. The molecule has 0 amide bonds. The van der Waals surface area contributed by atoms with E-state index in [-0.39, 0.29) is 13.2 Å². The Morgan fingerprint density at radius 2 is 2.00 bits per heavy atom. The highest BCUT2D eigenvalue weighted by molar-refractivity contribution is 4.60. The van der Waals surface area contributed by atoms with E-state index < -0.39 is 6.18 Å². The van der Waals surface area contributed by atoms with Gasteiger partial charge in [0.05, 0.1) is 0 Å². The normalized spacial score (nSPS) is 12.0. The first-order valence-electron chi connectivity index (χ1n) is 2.59. The molecule has 0 aromatic carbocycles. The van der Waals surface area contributed by atoms with Gasteiger partial charge in [0.15, 0.2) is 6.61 Å². The van der Waals surface area contributed by atoms with Crippen molar-refractivity contribution < 1.29 is 17.9 Å². The third kappa shape index (κ3) is 7.75. The van der Waals surface area contributed by atoms with Crippen molar-refractivity contribution in [2.24, 2.45) is 0 Å². The highest BCUT2D eigenvalue weighted by Gasteiger charge is 2.28. The quantitative estimate of drug-likeness (QED) is 0.547. The van der Waals surface area contributed by atoms with Crippen LogP contribution in [-0.4, -0.2) is 12.8 Å². The smallest absolute Gasteiger partial charge is 0.366 e. The van der Waals surface area contributed by atoms with Gasteiger partial charge in [0.2, 0.25) is 0 Å². The zero-order chi connectivity index (χ0) is 7.33. The molecular formula is C5H8F3O. The molecule has 0 atom stereocenters. The molecule has 0 saturated carbocycles. The second-order valence-corrected chi connectivity index (χ2v) is 1.53. The SMILES string of the molecule is CCCO[CH]C(F)(F)F. The molecular weight excluding hydrogens is 133 g/mol. The van der Waals surface area contributed by atoms with Crippen LogP contribution in [0.4, 0.5) is 13.2 Å². The second kappa shape index (κ2) is 3.71. The van der Waals surface area contributed by atoms with Crippen molar-refractivity contribution in [1.82, 2.24) is 0 Å². The van der Waals surface area contributed by atoms with Crippen molar-refractivity contribution in [2.75, 3.05) is 6.61 Å². The summed E-state index contributed by atoms with van der Waals surface area (Å²) in [5.41, 5.74) is 0. The van der Waals surface area contributed by atoms with E-state index in [1.807, 2.05) is 0 Å². The standard InChI is InChI=1S/C5H8F3O/c1-2-3-9-4-5(6,7)8/h4H,2-3H2,1H3. The molecule has 4 heteroatoms. The fourth-order valence-corrected chi connectivity index (χ4v) is 0.271. The molecule has 0 aromatic heterocycles. The largest absolute Gasteiger partial charge is 0.417 e. The van der Waals surface area contributed by atoms with Gasteiger partial charge >= 0.3 is 6.18 Å². The van der Waals surface area contributed by atoms with Crippen LogP contribution in [0.15, 0.2) is 0 Å². The van der Waals surface area contributed by atoms with Crippen molar-refractivity contribution >= 4 is 0 Å². The molecule has 0 heterocycles. The van der Waals surface area contributed by atoms with E-state index >= 15 is 0 Å². The topological polar surface area (TPSA) is 9.23 Å². The molecule has 0 bridgehead atoms. The van der Waals surface area contributed by atoms with Crippen LogP contribution in [0, 0.1) is 6.61 Å². The highest BCUT2D eigenvalue weighted by atomic mass is 19.4. The Morgan fingerprint density at radius 1 is 1.44 bits per heavy atom. The molecule has 0 unspecified atom stereocenters. The second-order valence-electron chi connectivity index (χ2n) is 1.53. The molecule has 0 aliphatic heterocycles. The molecule has 0 fully saturated rings. The minimum atomic E-state index is -4.30. The van der Waals surface area contributed by atoms with Crippen LogP contribution in [0.25, 0.3) is 0 Å². The van der Waals surface area contributed by atoms with Crippen molar-refractivity contribution in [1.29, 1.82) is 0 Å². The van der Waals surface area contributed by atoms with Gasteiger partial charge in [-0.15, -0.1) is 0 Å². The van der Waals surface area contributed by atoms with E-state index in [9.17, 15) is 13.2 Å². The van der Waals surface area contributed by atoms with Crippen molar-refractivity contribution in [2.45, 2.75) is 19.5 Å². The lowest BCUT2D eigenvalue weighted by atomic mass is 10.5. The van der Waals surface area contributed by atoms with Crippen LogP contribution in [0.3, 0.4) is 0 Å². The maximum atomic E-state index is 11.2. The molecule has 0 saturated heterocycles. The van der Waals surface area contributed by atoms with Gasteiger partial charge in [-0.3, -0.25) is 0 Å². The van der Waals surface area contributed by atoms with E-state index in [2.05, 4.69) is 4.74 Å². The zero-order valence-electron chi connectivity index (χ0n) is 5.03. The van der Waals surface area contributed by atoms with E-state index in [1.54, 1.807) is 6.92 Å². The van der Waals surface area contributed by atoms with Crippen molar-refractivity contribution in [3.05, 3.63) is 6.61 Å². The Labute approximate surface area is 51.8 Å². The summed E-state index contributed by atoms with van der Waals surface area (Å²) in [6, 6.07) is 0. The Balaban J connectivity index is 3.07. The van der Waals surface area contributed by atoms with Crippen molar-refractivity contribution in [3.8, 4) is 0 Å². The van der Waals surface area contributed by atoms with Crippen molar-refractivity contribution in [3.63, 3.8) is 0 Å². The van der Waals surface area contributed by atoms with E-state index in [0.29, 0.717) is 6.42 Å². The summed E-state index contributed by atoms with van der Waals surface area (Å²) in [5, 5.41) is 0. The summed E-state index contributed by atoms with van der Waals surface area (Å²) in [4.78, 5) is 0. The molecule has 0 rings (SSSR count). The average Bonchev–Trinajstić information content (AvgIpc) is 1.63. The molecule has 1 radical (unpaired) electrons. The zero-order valence-corrected chi connectivity index (χ0v) is 5.03. The number of rotatable bonds is 3. The summed E-state index contributed by atoms with van der Waals surface area (Å²) < 4.78 is 37.7. The highest BCUT2D eigenvalue weighted by Crippen LogP contribution is 2.18. The predicted octanol–water partition coefficient (Wildman–Crippen LogP) is 2.14. The molecule has 1 nitrogen and oxygen atoms in total. The summed E-state index contributed by atoms with van der Waals surface area (Å²) in [6.45, 7) is 1.76. The lowest BCUT2D eigenvalue weighted by molar-refractivity contribution is -0.137. The summed E-state index contributed by atoms with van der Waals surface area (Å²) >= 11 is 0. The van der Waals surface area contributed by atoms with Crippen LogP contribution in [-0.2, 0) is 4.74 Å². The lowest BCUT2D eigenvalue weighted by Gasteiger charge is -2.03. The summed E-state index contributed by atoms with van der Waals surface area (Å²) in [5.74, 6) is 0. The third-order valence-corrected chi connectivity index (χ3v) is 0.539. The minimum absolute atomic E-state index is 0.101. The number of hydrogen-bond acceptors (Lipinski definition) is 1. The first-order valence-corrected chi connectivity index (χ1v) is 2.59. The lowest BCUT2D eigenvalue weighted by Crippen LogP contribution is -2.10. The number of halogens is 3. The molecule has 0 aliphatic carbocycles. The minimum Gasteiger partial charge on any atom is -0.366 e. The maximum absolute atomic E-state index is 11.2. The van der Waals surface area contributed by atoms with Crippen LogP contribution >= 0.6 is 0 Å². The maximum Gasteiger partial charge on any atom is 0.417 e. The Hall–Kier alpha value is -0.250. The van der Waals surface area contributed by atoms with Gasteiger partial charge in [-0.05, 0) is 6.42 Å². The molecule has 55 valence electrons. The van der Waals surface area contributed by atoms with Gasteiger partial charge < -0.3 is 4.74 Å². The van der Waals surface area contributed by atoms with Crippen LogP contribution in [0.5, 0.6) is 0 Å². The summed E-state index contributed by atoms with van der Waals surface area (Å²) in [6.07, 6.45) is -3.71. The Bertz CT molecular complexity index is 69.1. The number of alkyl halides is 3. The Kier molecular flexibility index (Phi) is 3.61. The first-order chi connectivity index (χ1) is 4.06. The van der Waals surface area contributed by atoms with Crippen LogP contribution in [0.2, 0.25) is 0 Å². The molecule has 0 aliphatic rings. The van der Waals surface area contributed by atoms with Crippen LogP contribution < -0.4 is 0 Å². The van der Waals surface area contributed by atoms with E-state index in [4.69, 9.17) is 0 Å². The van der Waals surface area contributed by atoms with Crippen LogP contribution in [0.1, 0.15) is 13.3 Å².